The van der Waals surface area contributed by atoms with Gasteiger partial charge in [-0.05, 0) is 30.9 Å². The Morgan fingerprint density at radius 1 is 1.32 bits per heavy atom. The van der Waals surface area contributed by atoms with Crippen molar-refractivity contribution in [2.24, 2.45) is 11.8 Å². The molecule has 0 saturated carbocycles. The van der Waals surface area contributed by atoms with Crippen LogP contribution < -0.4 is 4.90 Å². The lowest BCUT2D eigenvalue weighted by Gasteiger charge is -2.36. The van der Waals surface area contributed by atoms with Crippen LogP contribution in [0, 0.1) is 11.8 Å². The molecule has 1 N–H and O–H groups in total. The molecule has 1 aromatic heterocycles. The van der Waals surface area contributed by atoms with Gasteiger partial charge in [-0.3, -0.25) is 9.78 Å². The molecule has 4 heteroatoms. The molecule has 1 aromatic rings. The molecule has 2 aliphatic rings. The summed E-state index contributed by atoms with van der Waals surface area (Å²) in [6.45, 7) is 7.39. The summed E-state index contributed by atoms with van der Waals surface area (Å²) in [4.78, 5) is 20.8. The van der Waals surface area contributed by atoms with Crippen molar-refractivity contribution in [2.75, 3.05) is 26.2 Å². The van der Waals surface area contributed by atoms with Gasteiger partial charge in [-0.2, -0.15) is 0 Å². The summed E-state index contributed by atoms with van der Waals surface area (Å²) in [6.07, 6.45) is 6.38. The Morgan fingerprint density at radius 3 is 2.82 bits per heavy atom. The molecule has 0 aromatic carbocycles. The van der Waals surface area contributed by atoms with E-state index in [1.165, 1.54) is 12.8 Å². The zero-order valence-corrected chi connectivity index (χ0v) is 13.6. The summed E-state index contributed by atoms with van der Waals surface area (Å²) in [7, 11) is 0. The number of hydrogen-bond acceptors (Lipinski definition) is 2. The Kier molecular flexibility index (Phi) is 5.08. The number of carbonyl (C=O) groups is 1. The molecule has 2 aliphatic heterocycles. The van der Waals surface area contributed by atoms with Gasteiger partial charge in [0.15, 0.2) is 0 Å². The molecule has 2 saturated heterocycles. The maximum atomic E-state index is 12.7. The molecule has 3 rings (SSSR count). The van der Waals surface area contributed by atoms with Crippen LogP contribution in [0.4, 0.5) is 0 Å². The second-order valence-corrected chi connectivity index (χ2v) is 7.05. The monoisotopic (exact) mass is 302 g/mol. The Morgan fingerprint density at radius 2 is 2.14 bits per heavy atom. The third-order valence-corrected chi connectivity index (χ3v) is 5.17. The number of nitrogens with zero attached hydrogens (tertiary/aromatic N) is 2. The van der Waals surface area contributed by atoms with Crippen molar-refractivity contribution < 1.29 is 9.69 Å². The van der Waals surface area contributed by atoms with E-state index in [2.05, 4.69) is 28.9 Å². The van der Waals surface area contributed by atoms with Gasteiger partial charge in [0.1, 0.15) is 6.54 Å². The minimum Gasteiger partial charge on any atom is -0.342 e. The number of amides is 1. The molecule has 4 nitrogen and oxygen atoms in total. The second-order valence-electron chi connectivity index (χ2n) is 7.05. The van der Waals surface area contributed by atoms with Crippen LogP contribution in [-0.4, -0.2) is 42.0 Å². The van der Waals surface area contributed by atoms with E-state index in [1.54, 1.807) is 4.90 Å². The minimum absolute atomic E-state index is 0.262. The largest absolute Gasteiger partial charge is 0.342 e. The number of hydrogen-bond donors (Lipinski definition) is 1. The van der Waals surface area contributed by atoms with Gasteiger partial charge in [-0.15, -0.1) is 0 Å². The molecule has 120 valence electrons. The molecule has 0 spiro atoms. The maximum absolute atomic E-state index is 12.7. The Labute approximate surface area is 133 Å². The number of likely N-dealkylation sites (tertiary alicyclic amines) is 2. The Hall–Kier alpha value is -1.42. The van der Waals surface area contributed by atoms with E-state index in [-0.39, 0.29) is 5.92 Å². The number of piperidine rings is 2. The smallest absolute Gasteiger partial charge is 0.226 e. The van der Waals surface area contributed by atoms with E-state index in [0.29, 0.717) is 11.8 Å². The Bertz CT molecular complexity index is 482. The van der Waals surface area contributed by atoms with Crippen molar-refractivity contribution in [1.29, 1.82) is 0 Å². The normalized spacial score (nSPS) is 29.3. The van der Waals surface area contributed by atoms with E-state index in [4.69, 9.17) is 0 Å². The van der Waals surface area contributed by atoms with E-state index in [9.17, 15) is 4.79 Å². The third-order valence-electron chi connectivity index (χ3n) is 5.17. The number of rotatable bonds is 3. The lowest BCUT2D eigenvalue weighted by atomic mass is 9.92. The van der Waals surface area contributed by atoms with E-state index >= 15 is 0 Å². The second kappa shape index (κ2) is 7.23. The first kappa shape index (κ1) is 15.5. The maximum Gasteiger partial charge on any atom is 0.226 e. The molecule has 0 unspecified atom stereocenters. The average molecular weight is 302 g/mol. The zero-order valence-electron chi connectivity index (χ0n) is 13.6. The zero-order chi connectivity index (χ0) is 15.4. The third kappa shape index (κ3) is 3.86. The summed E-state index contributed by atoms with van der Waals surface area (Å²) >= 11 is 0. The van der Waals surface area contributed by atoms with Gasteiger partial charge in [0.2, 0.25) is 5.91 Å². The number of nitrogens with one attached hydrogen (secondary N) is 1. The van der Waals surface area contributed by atoms with Gasteiger partial charge in [0.05, 0.1) is 18.8 Å². The number of pyridine rings is 1. The predicted molar refractivity (Wildman–Crippen MR) is 86.3 cm³/mol. The van der Waals surface area contributed by atoms with Crippen LogP contribution in [0.3, 0.4) is 0 Å². The molecule has 1 atom stereocenters. The van der Waals surface area contributed by atoms with E-state index in [1.807, 2.05) is 12.3 Å². The summed E-state index contributed by atoms with van der Waals surface area (Å²) in [5, 5.41) is 0. The average Bonchev–Trinajstić information content (AvgIpc) is 2.56. The molecule has 0 radical (unpaired) electrons. The van der Waals surface area contributed by atoms with Crippen LogP contribution in [0.5, 0.6) is 0 Å². The van der Waals surface area contributed by atoms with E-state index < -0.39 is 0 Å². The topological polar surface area (TPSA) is 37.6 Å². The molecule has 0 bridgehead atoms. The van der Waals surface area contributed by atoms with Crippen LogP contribution in [0.1, 0.15) is 38.3 Å². The Balaban J connectivity index is 1.48. The van der Waals surface area contributed by atoms with E-state index in [0.717, 1.165) is 51.3 Å². The molecule has 3 heterocycles. The standard InChI is InChI=1S/C18H27N3O/c1-15-5-4-10-21(13-15)18(22)16-7-11-20(12-8-16)14-17-6-2-3-9-19-17/h2-3,6,9,15-16H,4-5,7-8,10-14H2,1H3/p+1/t15-/m1/s1. The number of aromatic nitrogens is 1. The fourth-order valence-electron chi connectivity index (χ4n) is 3.86. The van der Waals surface area contributed by atoms with Crippen LogP contribution in [0.2, 0.25) is 0 Å². The van der Waals surface area contributed by atoms with Gasteiger partial charge in [0.25, 0.3) is 0 Å². The highest BCUT2D eigenvalue weighted by Gasteiger charge is 2.32. The quantitative estimate of drug-likeness (QED) is 0.909. The number of quaternary nitrogens is 1. The minimum atomic E-state index is 0.262. The fourth-order valence-corrected chi connectivity index (χ4v) is 3.86. The highest BCUT2D eigenvalue weighted by atomic mass is 16.2. The first-order chi connectivity index (χ1) is 10.7. The van der Waals surface area contributed by atoms with Crippen molar-refractivity contribution in [3.05, 3.63) is 30.1 Å². The van der Waals surface area contributed by atoms with Gasteiger partial charge in [0, 0.05) is 38.0 Å². The highest BCUT2D eigenvalue weighted by Crippen LogP contribution is 2.20. The molecule has 22 heavy (non-hydrogen) atoms. The van der Waals surface area contributed by atoms with Crippen molar-refractivity contribution in [3.8, 4) is 0 Å². The van der Waals surface area contributed by atoms with Crippen LogP contribution in [-0.2, 0) is 11.3 Å². The van der Waals surface area contributed by atoms with Crippen molar-refractivity contribution >= 4 is 5.91 Å². The highest BCUT2D eigenvalue weighted by molar-refractivity contribution is 5.79. The van der Waals surface area contributed by atoms with Gasteiger partial charge >= 0.3 is 0 Å². The SMILES string of the molecule is C[C@@H]1CCCN(C(=O)C2CC[NH+](Cc3ccccn3)CC2)C1. The molecular weight excluding hydrogens is 274 g/mol. The van der Waals surface area contributed by atoms with Crippen LogP contribution in [0.25, 0.3) is 0 Å². The first-order valence-electron chi connectivity index (χ1n) is 8.74. The fraction of sp³-hybridized carbons (Fsp3) is 0.667. The van der Waals surface area contributed by atoms with Crippen LogP contribution in [0.15, 0.2) is 24.4 Å². The number of carbonyl (C=O) groups excluding carboxylic acids is 1. The van der Waals surface area contributed by atoms with Crippen molar-refractivity contribution in [1.82, 2.24) is 9.88 Å². The summed E-state index contributed by atoms with van der Waals surface area (Å²) in [5.41, 5.74) is 1.16. The summed E-state index contributed by atoms with van der Waals surface area (Å²) in [5.74, 6) is 1.36. The molecule has 1 amide bonds. The first-order valence-corrected chi connectivity index (χ1v) is 8.74. The summed E-state index contributed by atoms with van der Waals surface area (Å²) < 4.78 is 0. The lowest BCUT2D eigenvalue weighted by Crippen LogP contribution is -3.11. The summed E-state index contributed by atoms with van der Waals surface area (Å²) in [6, 6.07) is 6.11. The molecule has 0 aliphatic carbocycles. The van der Waals surface area contributed by atoms with Gasteiger partial charge in [-0.25, -0.2) is 0 Å². The van der Waals surface area contributed by atoms with Gasteiger partial charge < -0.3 is 9.80 Å². The van der Waals surface area contributed by atoms with Crippen molar-refractivity contribution in [2.45, 2.75) is 39.2 Å². The predicted octanol–water partition coefficient (Wildman–Crippen LogP) is 1.14. The van der Waals surface area contributed by atoms with Gasteiger partial charge in [-0.1, -0.05) is 13.0 Å². The van der Waals surface area contributed by atoms with Crippen molar-refractivity contribution in [3.63, 3.8) is 0 Å². The molecule has 2 fully saturated rings. The lowest BCUT2D eigenvalue weighted by molar-refractivity contribution is -0.919. The van der Waals surface area contributed by atoms with Crippen LogP contribution >= 0.6 is 0 Å². The molecular formula is C18H28N3O+.